The van der Waals surface area contributed by atoms with Crippen LogP contribution < -0.4 is 5.32 Å². The lowest BCUT2D eigenvalue weighted by molar-refractivity contribution is -0.121. The van der Waals surface area contributed by atoms with Gasteiger partial charge in [0, 0.05) is 24.7 Å². The highest BCUT2D eigenvalue weighted by Crippen LogP contribution is 2.24. The summed E-state index contributed by atoms with van der Waals surface area (Å²) in [6.07, 6.45) is 5.28. The Morgan fingerprint density at radius 3 is 2.41 bits per heavy atom. The second-order valence-corrected chi connectivity index (χ2v) is 7.75. The van der Waals surface area contributed by atoms with Crippen LogP contribution in [0, 0.1) is 12.8 Å². The summed E-state index contributed by atoms with van der Waals surface area (Å²) >= 11 is 0. The number of anilines is 1. The van der Waals surface area contributed by atoms with E-state index in [9.17, 15) is 4.79 Å². The van der Waals surface area contributed by atoms with Crippen molar-refractivity contribution in [3.63, 3.8) is 0 Å². The van der Waals surface area contributed by atoms with Crippen LogP contribution >= 0.6 is 0 Å². The summed E-state index contributed by atoms with van der Waals surface area (Å²) in [5.74, 6) is 0.212. The largest absolute Gasteiger partial charge is 0.326 e. The van der Waals surface area contributed by atoms with Gasteiger partial charge in [-0.15, -0.1) is 10.2 Å². The number of likely N-dealkylation sites (tertiary alicyclic amines) is 1. The number of nitrogens with one attached hydrogen (secondary N) is 1. The van der Waals surface area contributed by atoms with Gasteiger partial charge < -0.3 is 14.8 Å². The van der Waals surface area contributed by atoms with E-state index in [-0.39, 0.29) is 11.8 Å². The van der Waals surface area contributed by atoms with Crippen molar-refractivity contribution in [2.24, 2.45) is 5.92 Å². The summed E-state index contributed by atoms with van der Waals surface area (Å²) in [4.78, 5) is 15.1. The maximum Gasteiger partial charge on any atom is 0.227 e. The topological polar surface area (TPSA) is 63.1 Å². The summed E-state index contributed by atoms with van der Waals surface area (Å²) < 4.78 is 1.99. The minimum atomic E-state index is 0.0811. The molecule has 0 radical (unpaired) electrons. The molecule has 1 fully saturated rings. The van der Waals surface area contributed by atoms with E-state index in [1.54, 1.807) is 12.7 Å². The molecule has 1 amide bonds. The summed E-state index contributed by atoms with van der Waals surface area (Å²) in [5, 5.41) is 10.8. The van der Waals surface area contributed by atoms with E-state index in [0.717, 1.165) is 50.3 Å². The first-order chi connectivity index (χ1) is 14.2. The number of hydrogen-bond acceptors (Lipinski definition) is 4. The van der Waals surface area contributed by atoms with E-state index in [2.05, 4.69) is 63.7 Å². The lowest BCUT2D eigenvalue weighted by Crippen LogP contribution is -2.39. The maximum atomic E-state index is 12.7. The molecule has 1 saturated heterocycles. The molecule has 0 spiro atoms. The Morgan fingerprint density at radius 1 is 1.00 bits per heavy atom. The molecule has 1 aliphatic rings. The van der Waals surface area contributed by atoms with Crippen molar-refractivity contribution in [1.29, 1.82) is 0 Å². The fourth-order valence-corrected chi connectivity index (χ4v) is 3.83. The molecule has 0 bridgehead atoms. The Balaban J connectivity index is 1.26. The molecule has 1 N–H and O–H groups in total. The van der Waals surface area contributed by atoms with E-state index in [1.807, 2.05) is 16.7 Å². The molecule has 0 saturated carbocycles. The molecule has 1 aromatic heterocycles. The molecule has 4 rings (SSSR count). The molecule has 2 aromatic carbocycles. The molecule has 2 heterocycles. The van der Waals surface area contributed by atoms with Crippen molar-refractivity contribution < 1.29 is 4.79 Å². The van der Waals surface area contributed by atoms with Crippen LogP contribution in [0.1, 0.15) is 18.4 Å². The Morgan fingerprint density at radius 2 is 1.72 bits per heavy atom. The summed E-state index contributed by atoms with van der Waals surface area (Å²) in [7, 11) is 0. The normalized spacial score (nSPS) is 15.3. The van der Waals surface area contributed by atoms with Crippen LogP contribution in [0.4, 0.5) is 5.69 Å². The maximum absolute atomic E-state index is 12.7. The first-order valence-corrected chi connectivity index (χ1v) is 10.2. The van der Waals surface area contributed by atoms with Crippen LogP contribution in [0.5, 0.6) is 0 Å². The zero-order valence-electron chi connectivity index (χ0n) is 16.8. The molecule has 0 atom stereocenters. The molecule has 150 valence electrons. The van der Waals surface area contributed by atoms with Crippen molar-refractivity contribution in [2.45, 2.75) is 26.3 Å². The molecule has 3 aromatic rings. The predicted molar refractivity (Wildman–Crippen MR) is 114 cm³/mol. The second kappa shape index (κ2) is 9.01. The van der Waals surface area contributed by atoms with Gasteiger partial charge in [0.15, 0.2) is 0 Å². The van der Waals surface area contributed by atoms with Gasteiger partial charge in [0.1, 0.15) is 12.7 Å². The Hall–Kier alpha value is -2.99. The van der Waals surface area contributed by atoms with Gasteiger partial charge in [-0.3, -0.25) is 4.79 Å². The molecule has 29 heavy (non-hydrogen) atoms. The standard InChI is InChI=1S/C23H27N5O/c1-18-3-2-4-21(15-18)19-5-7-22(8-6-19)26-23(29)20-9-11-27(12-10-20)13-14-28-16-24-25-17-28/h2-8,15-17,20H,9-14H2,1H3,(H,26,29). The van der Waals surface area contributed by atoms with Gasteiger partial charge in [-0.1, -0.05) is 42.0 Å². The minimum Gasteiger partial charge on any atom is -0.326 e. The lowest BCUT2D eigenvalue weighted by Gasteiger charge is -2.31. The summed E-state index contributed by atoms with van der Waals surface area (Å²) in [6.45, 7) is 5.85. The van der Waals surface area contributed by atoms with E-state index in [0.29, 0.717) is 0 Å². The summed E-state index contributed by atoms with van der Waals surface area (Å²) in [6, 6.07) is 16.6. The molecule has 0 unspecified atom stereocenters. The van der Waals surface area contributed by atoms with Gasteiger partial charge in [-0.25, -0.2) is 0 Å². The van der Waals surface area contributed by atoms with Gasteiger partial charge in [0.2, 0.25) is 5.91 Å². The van der Waals surface area contributed by atoms with Gasteiger partial charge in [-0.05, 0) is 56.1 Å². The average Bonchev–Trinajstić information content (AvgIpc) is 3.27. The molecule has 6 nitrogen and oxygen atoms in total. The quantitative estimate of drug-likeness (QED) is 0.700. The van der Waals surface area contributed by atoms with E-state index < -0.39 is 0 Å². The highest BCUT2D eigenvalue weighted by atomic mass is 16.1. The number of aromatic nitrogens is 3. The number of carbonyl (C=O) groups is 1. The van der Waals surface area contributed by atoms with Crippen LogP contribution in [0.15, 0.2) is 61.2 Å². The number of aryl methyl sites for hydroxylation is 1. The van der Waals surface area contributed by atoms with Crippen LogP contribution in [-0.2, 0) is 11.3 Å². The van der Waals surface area contributed by atoms with Crippen LogP contribution in [-0.4, -0.2) is 45.2 Å². The van der Waals surface area contributed by atoms with Gasteiger partial charge in [0.25, 0.3) is 0 Å². The SMILES string of the molecule is Cc1cccc(-c2ccc(NC(=O)C3CCN(CCn4cnnc4)CC3)cc2)c1. The van der Waals surface area contributed by atoms with Crippen LogP contribution in [0.2, 0.25) is 0 Å². The number of rotatable bonds is 6. The minimum absolute atomic E-state index is 0.0811. The van der Waals surface area contributed by atoms with Crippen molar-refractivity contribution >= 4 is 11.6 Å². The highest BCUT2D eigenvalue weighted by molar-refractivity contribution is 5.92. The number of hydrogen-bond donors (Lipinski definition) is 1. The van der Waals surface area contributed by atoms with Crippen LogP contribution in [0.25, 0.3) is 11.1 Å². The van der Waals surface area contributed by atoms with Gasteiger partial charge in [0.05, 0.1) is 0 Å². The molecular weight excluding hydrogens is 362 g/mol. The van der Waals surface area contributed by atoms with Gasteiger partial charge in [-0.2, -0.15) is 0 Å². The fourth-order valence-electron chi connectivity index (χ4n) is 3.83. The smallest absolute Gasteiger partial charge is 0.227 e. The Bertz CT molecular complexity index is 928. The number of piperidine rings is 1. The molecule has 0 aliphatic carbocycles. The first kappa shape index (κ1) is 19.3. The highest BCUT2D eigenvalue weighted by Gasteiger charge is 2.24. The number of amides is 1. The molecule has 1 aliphatic heterocycles. The van der Waals surface area contributed by atoms with Crippen molar-refractivity contribution in [2.75, 3.05) is 25.0 Å². The monoisotopic (exact) mass is 389 g/mol. The molecule has 6 heteroatoms. The zero-order valence-corrected chi connectivity index (χ0v) is 16.8. The number of nitrogens with zero attached hydrogens (tertiary/aromatic N) is 4. The predicted octanol–water partition coefficient (Wildman–Crippen LogP) is 3.60. The van der Waals surface area contributed by atoms with Crippen molar-refractivity contribution in [1.82, 2.24) is 19.7 Å². The average molecular weight is 390 g/mol. The first-order valence-electron chi connectivity index (χ1n) is 10.2. The summed E-state index contributed by atoms with van der Waals surface area (Å²) in [5.41, 5.74) is 4.46. The lowest BCUT2D eigenvalue weighted by atomic mass is 9.95. The van der Waals surface area contributed by atoms with Crippen LogP contribution in [0.3, 0.4) is 0 Å². The third kappa shape index (κ3) is 5.09. The third-order valence-corrected chi connectivity index (χ3v) is 5.60. The Labute approximate surface area is 171 Å². The third-order valence-electron chi connectivity index (χ3n) is 5.60. The number of benzene rings is 2. The zero-order chi connectivity index (χ0) is 20.1. The van der Waals surface area contributed by atoms with Crippen molar-refractivity contribution in [3.8, 4) is 11.1 Å². The van der Waals surface area contributed by atoms with E-state index in [4.69, 9.17) is 0 Å². The molecular formula is C23H27N5O. The van der Waals surface area contributed by atoms with Crippen molar-refractivity contribution in [3.05, 3.63) is 66.7 Å². The Kier molecular flexibility index (Phi) is 6.00. The second-order valence-electron chi connectivity index (χ2n) is 7.75. The number of carbonyl (C=O) groups excluding carboxylic acids is 1. The van der Waals surface area contributed by atoms with E-state index >= 15 is 0 Å². The fraction of sp³-hybridized carbons (Fsp3) is 0.348. The van der Waals surface area contributed by atoms with Gasteiger partial charge >= 0.3 is 0 Å². The van der Waals surface area contributed by atoms with E-state index in [1.165, 1.54) is 11.1 Å².